The molecule has 146 valence electrons. The van der Waals surface area contributed by atoms with E-state index in [9.17, 15) is 26.4 Å². The number of carbonyl (C=O) groups is 1. The Morgan fingerprint density at radius 2 is 1.96 bits per heavy atom. The molecule has 0 atom stereocenters. The quantitative estimate of drug-likeness (QED) is 0.609. The minimum absolute atomic E-state index is 0.152. The number of nitrogens with one attached hydrogen (secondary N) is 2. The predicted octanol–water partition coefficient (Wildman–Crippen LogP) is 2.77. The van der Waals surface area contributed by atoms with Crippen molar-refractivity contribution in [1.82, 2.24) is 9.82 Å². The minimum Gasteiger partial charge on any atom is -0.495 e. The number of methoxy groups -OCH3 is 1. The summed E-state index contributed by atoms with van der Waals surface area (Å²) in [5.41, 5.74) is 0.647. The molecule has 8 nitrogen and oxygen atoms in total. The van der Waals surface area contributed by atoms with Crippen molar-refractivity contribution in [2.24, 2.45) is 0 Å². The summed E-state index contributed by atoms with van der Waals surface area (Å²) in [4.78, 5) is 15.8. The average Bonchev–Trinajstić information content (AvgIpc) is 2.59. The van der Waals surface area contributed by atoms with E-state index in [1.54, 1.807) is 0 Å². The molecule has 1 aromatic carbocycles. The molecule has 0 aliphatic heterocycles. The van der Waals surface area contributed by atoms with Crippen LogP contribution in [0.4, 0.5) is 19.0 Å². The maximum Gasteiger partial charge on any atom is 0.417 e. The molecular weight excluding hydrogens is 415 g/mol. The first-order chi connectivity index (χ1) is 12.5. The molecule has 13 heteroatoms. The lowest BCUT2D eigenvalue weighted by atomic mass is 10.2. The number of alkyl halides is 3. The van der Waals surface area contributed by atoms with Crippen LogP contribution in [0.25, 0.3) is 0 Å². The number of pyridine rings is 1. The molecule has 0 spiro atoms. The number of hydrazine groups is 1. The van der Waals surface area contributed by atoms with Crippen molar-refractivity contribution in [2.45, 2.75) is 11.1 Å². The second kappa shape index (κ2) is 7.58. The fourth-order valence-corrected chi connectivity index (χ4v) is 3.13. The van der Waals surface area contributed by atoms with Crippen LogP contribution >= 0.6 is 11.6 Å². The maximum atomic E-state index is 12.6. The summed E-state index contributed by atoms with van der Waals surface area (Å²) in [6.07, 6.45) is -4.20. The molecule has 0 saturated carbocycles. The number of carboxylic acids is 1. The highest BCUT2D eigenvalue weighted by atomic mass is 35.5. The fourth-order valence-electron chi connectivity index (χ4n) is 1.88. The molecule has 0 unspecified atom stereocenters. The summed E-state index contributed by atoms with van der Waals surface area (Å²) in [7, 11) is -3.21. The molecule has 1 heterocycles. The number of aromatic nitrogens is 1. The van der Waals surface area contributed by atoms with Gasteiger partial charge < -0.3 is 9.84 Å². The Morgan fingerprint density at radius 1 is 1.30 bits per heavy atom. The number of rotatable bonds is 6. The normalized spacial score (nSPS) is 11.9. The van der Waals surface area contributed by atoms with Gasteiger partial charge in [-0.3, -0.25) is 5.43 Å². The number of aromatic carboxylic acids is 1. The van der Waals surface area contributed by atoms with Crippen LogP contribution in [-0.2, 0) is 16.2 Å². The fraction of sp³-hybridized carbons (Fsp3) is 0.143. The van der Waals surface area contributed by atoms with E-state index in [1.165, 1.54) is 7.11 Å². The number of halogens is 4. The molecule has 0 amide bonds. The standard InChI is InChI=1S/C14H11ClF3N3O5S/c1-26-10-3-2-7(13(22)23)4-11(10)27(24,25)21-20-12-9(15)5-8(6-19-12)14(16,17)18/h2-6,21H,1H3,(H,19,20)(H,22,23). The van der Waals surface area contributed by atoms with Gasteiger partial charge in [-0.1, -0.05) is 11.6 Å². The lowest BCUT2D eigenvalue weighted by Crippen LogP contribution is -2.30. The Kier molecular flexibility index (Phi) is 5.82. The molecule has 0 saturated heterocycles. The third kappa shape index (κ3) is 4.78. The summed E-state index contributed by atoms with van der Waals surface area (Å²) in [6.45, 7) is 0. The number of hydrogen-bond acceptors (Lipinski definition) is 6. The molecule has 27 heavy (non-hydrogen) atoms. The lowest BCUT2D eigenvalue weighted by Gasteiger charge is -2.14. The van der Waals surface area contributed by atoms with Gasteiger partial charge in [-0.25, -0.2) is 18.2 Å². The maximum absolute atomic E-state index is 12.6. The van der Waals surface area contributed by atoms with Crippen LogP contribution in [0.1, 0.15) is 15.9 Å². The van der Waals surface area contributed by atoms with Crippen LogP contribution in [-0.4, -0.2) is 31.6 Å². The smallest absolute Gasteiger partial charge is 0.417 e. The van der Waals surface area contributed by atoms with Crippen molar-refractivity contribution < 1.29 is 36.2 Å². The molecular formula is C14H11ClF3N3O5S. The molecule has 0 aliphatic carbocycles. The van der Waals surface area contributed by atoms with E-state index in [1.807, 2.05) is 4.83 Å². The zero-order valence-corrected chi connectivity index (χ0v) is 14.9. The molecule has 0 aliphatic rings. The summed E-state index contributed by atoms with van der Waals surface area (Å²) >= 11 is 5.67. The van der Waals surface area contributed by atoms with E-state index in [0.717, 1.165) is 18.2 Å². The van der Waals surface area contributed by atoms with Gasteiger partial charge in [-0.05, 0) is 24.3 Å². The summed E-state index contributed by atoms with van der Waals surface area (Å²) < 4.78 is 67.5. The number of carboxylic acid groups (broad SMARTS) is 1. The van der Waals surface area contributed by atoms with Crippen LogP contribution in [0.3, 0.4) is 0 Å². The highest BCUT2D eigenvalue weighted by Gasteiger charge is 2.31. The molecule has 0 fully saturated rings. The van der Waals surface area contributed by atoms with Gasteiger partial charge in [0.15, 0.2) is 5.82 Å². The van der Waals surface area contributed by atoms with Gasteiger partial charge in [0.25, 0.3) is 10.0 Å². The van der Waals surface area contributed by atoms with Gasteiger partial charge in [0.05, 0.1) is 23.3 Å². The van der Waals surface area contributed by atoms with Crippen molar-refractivity contribution in [1.29, 1.82) is 0 Å². The summed E-state index contributed by atoms with van der Waals surface area (Å²) in [5, 5.41) is 8.50. The topological polar surface area (TPSA) is 118 Å². The van der Waals surface area contributed by atoms with Crippen molar-refractivity contribution in [3.05, 3.63) is 46.6 Å². The van der Waals surface area contributed by atoms with Gasteiger partial charge in [0, 0.05) is 6.20 Å². The second-order valence-corrected chi connectivity index (χ2v) is 7.01. The van der Waals surface area contributed by atoms with Crippen molar-refractivity contribution >= 4 is 33.4 Å². The van der Waals surface area contributed by atoms with Gasteiger partial charge in [-0.2, -0.15) is 13.2 Å². The number of sulfonamides is 1. The zero-order chi connectivity index (χ0) is 20.4. The van der Waals surface area contributed by atoms with Crippen molar-refractivity contribution in [3.63, 3.8) is 0 Å². The zero-order valence-electron chi connectivity index (χ0n) is 13.3. The predicted molar refractivity (Wildman–Crippen MR) is 88.1 cm³/mol. The largest absolute Gasteiger partial charge is 0.495 e. The van der Waals surface area contributed by atoms with Crippen molar-refractivity contribution in [3.8, 4) is 5.75 Å². The SMILES string of the molecule is COc1ccc(C(=O)O)cc1S(=O)(=O)NNc1ncc(C(F)(F)F)cc1Cl. The first-order valence-electron chi connectivity index (χ1n) is 6.87. The number of ether oxygens (including phenoxy) is 1. The number of nitrogens with zero attached hydrogens (tertiary/aromatic N) is 1. The van der Waals surface area contributed by atoms with E-state index in [0.29, 0.717) is 12.3 Å². The molecule has 0 bridgehead atoms. The van der Waals surface area contributed by atoms with Gasteiger partial charge in [0.1, 0.15) is 10.6 Å². The Labute approximate surface area is 156 Å². The van der Waals surface area contributed by atoms with Crippen molar-refractivity contribution in [2.75, 3.05) is 12.5 Å². The molecule has 3 N–H and O–H groups in total. The summed E-state index contributed by atoms with van der Waals surface area (Å²) in [5.74, 6) is -1.91. The number of hydrogen-bond donors (Lipinski definition) is 3. The molecule has 0 radical (unpaired) electrons. The Morgan fingerprint density at radius 3 is 2.48 bits per heavy atom. The Bertz CT molecular complexity index is 982. The first-order valence-corrected chi connectivity index (χ1v) is 8.73. The van der Waals surface area contributed by atoms with Gasteiger partial charge in [-0.15, -0.1) is 4.83 Å². The molecule has 2 rings (SSSR count). The van der Waals surface area contributed by atoms with Gasteiger partial charge in [0.2, 0.25) is 0 Å². The third-order valence-electron chi connectivity index (χ3n) is 3.17. The third-order valence-corrected chi connectivity index (χ3v) is 4.73. The van der Waals surface area contributed by atoms with E-state index in [4.69, 9.17) is 21.4 Å². The average molecular weight is 426 g/mol. The first kappa shape index (κ1) is 20.7. The minimum atomic E-state index is -4.67. The summed E-state index contributed by atoms with van der Waals surface area (Å²) in [6, 6.07) is 3.70. The van der Waals surface area contributed by atoms with Crippen LogP contribution in [0.15, 0.2) is 35.4 Å². The molecule has 2 aromatic rings. The Hall–Kier alpha value is -2.57. The Balaban J connectivity index is 2.30. The van der Waals surface area contributed by atoms with E-state index in [2.05, 4.69) is 10.4 Å². The number of anilines is 1. The second-order valence-electron chi connectivity index (χ2n) is 4.95. The lowest BCUT2D eigenvalue weighted by molar-refractivity contribution is -0.137. The van der Waals surface area contributed by atoms with E-state index >= 15 is 0 Å². The van der Waals surface area contributed by atoms with Crippen LogP contribution in [0.5, 0.6) is 5.75 Å². The van der Waals surface area contributed by atoms with E-state index in [-0.39, 0.29) is 17.1 Å². The highest BCUT2D eigenvalue weighted by Crippen LogP contribution is 2.32. The monoisotopic (exact) mass is 425 g/mol. The van der Waals surface area contributed by atoms with Crippen LogP contribution in [0, 0.1) is 0 Å². The van der Waals surface area contributed by atoms with Crippen LogP contribution in [0.2, 0.25) is 5.02 Å². The van der Waals surface area contributed by atoms with Gasteiger partial charge >= 0.3 is 12.1 Å². The molecule has 1 aromatic heterocycles. The van der Waals surface area contributed by atoms with Crippen LogP contribution < -0.4 is 15.0 Å². The number of benzene rings is 1. The highest BCUT2D eigenvalue weighted by molar-refractivity contribution is 7.89. The van der Waals surface area contributed by atoms with E-state index < -0.39 is 37.7 Å².